The first-order chi connectivity index (χ1) is 10.7. The van der Waals surface area contributed by atoms with Gasteiger partial charge in [0.25, 0.3) is 0 Å². The Morgan fingerprint density at radius 1 is 1.14 bits per heavy atom. The fourth-order valence-electron chi connectivity index (χ4n) is 2.11. The van der Waals surface area contributed by atoms with Crippen molar-refractivity contribution in [3.63, 3.8) is 0 Å². The zero-order valence-corrected chi connectivity index (χ0v) is 13.1. The Hall–Kier alpha value is -2.50. The van der Waals surface area contributed by atoms with Gasteiger partial charge in [-0.1, -0.05) is 50.1 Å². The lowest BCUT2D eigenvalue weighted by molar-refractivity contribution is 0.741. The van der Waals surface area contributed by atoms with Gasteiger partial charge in [-0.25, -0.2) is 5.43 Å². The molecule has 0 saturated heterocycles. The highest BCUT2D eigenvalue weighted by atomic mass is 15.4. The van der Waals surface area contributed by atoms with Gasteiger partial charge in [0.2, 0.25) is 11.9 Å². The van der Waals surface area contributed by atoms with Crippen molar-refractivity contribution in [1.82, 2.24) is 15.0 Å². The quantitative estimate of drug-likeness (QED) is 0.465. The molecule has 2 aromatic rings. The van der Waals surface area contributed by atoms with Crippen LogP contribution in [0.1, 0.15) is 44.0 Å². The summed E-state index contributed by atoms with van der Waals surface area (Å²) in [6, 6.07) is 10.1. The van der Waals surface area contributed by atoms with Gasteiger partial charge in [-0.3, -0.25) is 0 Å². The molecule has 1 heterocycles. The van der Waals surface area contributed by atoms with E-state index in [1.807, 2.05) is 18.2 Å². The second-order valence-electron chi connectivity index (χ2n) is 5.06. The summed E-state index contributed by atoms with van der Waals surface area (Å²) >= 11 is 0. The molecule has 1 aromatic carbocycles. The van der Waals surface area contributed by atoms with Crippen LogP contribution in [0, 0.1) is 6.92 Å². The number of benzene rings is 1. The second-order valence-corrected chi connectivity index (χ2v) is 5.06. The van der Waals surface area contributed by atoms with Crippen molar-refractivity contribution in [2.45, 2.75) is 39.5 Å². The van der Waals surface area contributed by atoms with Crippen LogP contribution in [0.15, 0.2) is 35.4 Å². The molecule has 0 aliphatic heterocycles. The molecule has 3 N–H and O–H groups in total. The lowest BCUT2D eigenvalue weighted by Gasteiger charge is -2.07. The number of hydrogen-bond donors (Lipinski definition) is 2. The summed E-state index contributed by atoms with van der Waals surface area (Å²) in [6.07, 6.45) is 4.37. The summed E-state index contributed by atoms with van der Waals surface area (Å²) < 4.78 is 0. The summed E-state index contributed by atoms with van der Waals surface area (Å²) in [5.74, 6) is 1.13. The molecule has 2 rings (SSSR count). The van der Waals surface area contributed by atoms with Gasteiger partial charge in [0.1, 0.15) is 5.82 Å². The normalized spacial score (nSPS) is 11.5. The number of rotatable bonds is 7. The highest BCUT2D eigenvalue weighted by molar-refractivity contribution is 6.00. The van der Waals surface area contributed by atoms with Gasteiger partial charge < -0.3 is 5.73 Å². The first-order valence-electron chi connectivity index (χ1n) is 7.55. The number of nitrogens with two attached hydrogens (primary N) is 1. The zero-order chi connectivity index (χ0) is 15.8. The minimum atomic E-state index is 0.192. The first kappa shape index (κ1) is 15.9. The highest BCUT2D eigenvalue weighted by Crippen LogP contribution is 2.10. The molecule has 0 aliphatic carbocycles. The maximum absolute atomic E-state index is 5.62. The Morgan fingerprint density at radius 2 is 1.91 bits per heavy atom. The maximum atomic E-state index is 5.62. The van der Waals surface area contributed by atoms with Crippen LogP contribution in [-0.4, -0.2) is 20.7 Å². The van der Waals surface area contributed by atoms with Crippen molar-refractivity contribution in [2.24, 2.45) is 5.10 Å². The lowest BCUT2D eigenvalue weighted by atomic mass is 10.0. The predicted octanol–water partition coefficient (Wildman–Crippen LogP) is 3.16. The second kappa shape index (κ2) is 8.07. The number of aromatic nitrogens is 3. The molecule has 0 bridgehead atoms. The molecule has 1 aromatic heterocycles. The van der Waals surface area contributed by atoms with E-state index in [4.69, 9.17) is 5.73 Å². The standard InChI is InChI=1S/C16H22N6/c1-3-4-6-11-14(13-9-7-5-8-10-13)21-22-16-19-12(2)18-15(17)20-16/h5,7-10H,3-4,6,11H2,1-2H3,(H3,17,18,19,20,22)/b21-14-. The molecule has 0 spiro atoms. The summed E-state index contributed by atoms with van der Waals surface area (Å²) in [4.78, 5) is 12.2. The number of nitrogen functional groups attached to an aromatic ring is 1. The number of unbranched alkanes of at least 4 members (excludes halogenated alkanes) is 2. The Balaban J connectivity index is 2.16. The van der Waals surface area contributed by atoms with E-state index in [1.54, 1.807) is 6.92 Å². The van der Waals surface area contributed by atoms with Crippen molar-refractivity contribution >= 4 is 17.6 Å². The fraction of sp³-hybridized carbons (Fsp3) is 0.375. The van der Waals surface area contributed by atoms with Crippen LogP contribution in [0.4, 0.5) is 11.9 Å². The molecule has 0 radical (unpaired) electrons. The molecule has 0 amide bonds. The van der Waals surface area contributed by atoms with E-state index in [-0.39, 0.29) is 5.95 Å². The van der Waals surface area contributed by atoms with E-state index in [0.717, 1.165) is 24.1 Å². The minimum Gasteiger partial charge on any atom is -0.368 e. The van der Waals surface area contributed by atoms with E-state index in [2.05, 4.69) is 44.5 Å². The highest BCUT2D eigenvalue weighted by Gasteiger charge is 2.05. The summed E-state index contributed by atoms with van der Waals surface area (Å²) in [7, 11) is 0. The van der Waals surface area contributed by atoms with Gasteiger partial charge >= 0.3 is 0 Å². The predicted molar refractivity (Wildman–Crippen MR) is 89.7 cm³/mol. The zero-order valence-electron chi connectivity index (χ0n) is 13.1. The third kappa shape index (κ3) is 4.80. The Bertz CT molecular complexity index is 604. The van der Waals surface area contributed by atoms with Crippen molar-refractivity contribution in [3.8, 4) is 0 Å². The molecule has 0 unspecified atom stereocenters. The van der Waals surface area contributed by atoms with Crippen LogP contribution in [0.25, 0.3) is 0 Å². The molecule has 0 fully saturated rings. The summed E-state index contributed by atoms with van der Waals surface area (Å²) in [5.41, 5.74) is 10.6. The molecule has 22 heavy (non-hydrogen) atoms. The Morgan fingerprint density at radius 3 is 2.59 bits per heavy atom. The number of aryl methyl sites for hydroxylation is 1. The van der Waals surface area contributed by atoms with Crippen LogP contribution in [-0.2, 0) is 0 Å². The third-order valence-corrected chi connectivity index (χ3v) is 3.18. The van der Waals surface area contributed by atoms with E-state index in [9.17, 15) is 0 Å². The fourth-order valence-corrected chi connectivity index (χ4v) is 2.11. The summed E-state index contributed by atoms with van der Waals surface area (Å²) in [6.45, 7) is 3.96. The molecule has 6 nitrogen and oxygen atoms in total. The van der Waals surface area contributed by atoms with Gasteiger partial charge in [0.15, 0.2) is 0 Å². The summed E-state index contributed by atoms with van der Waals surface area (Å²) in [5, 5.41) is 4.48. The van der Waals surface area contributed by atoms with Crippen LogP contribution in [0.3, 0.4) is 0 Å². The monoisotopic (exact) mass is 298 g/mol. The van der Waals surface area contributed by atoms with Crippen molar-refractivity contribution < 1.29 is 0 Å². The first-order valence-corrected chi connectivity index (χ1v) is 7.55. The van der Waals surface area contributed by atoms with Gasteiger partial charge in [0.05, 0.1) is 5.71 Å². The van der Waals surface area contributed by atoms with E-state index in [0.29, 0.717) is 11.8 Å². The van der Waals surface area contributed by atoms with Gasteiger partial charge in [-0.05, 0) is 25.3 Å². The SMILES string of the molecule is CCCCC/C(=N/Nc1nc(C)nc(N)n1)c1ccccc1. The van der Waals surface area contributed by atoms with Gasteiger partial charge in [-0.15, -0.1) is 0 Å². The van der Waals surface area contributed by atoms with E-state index < -0.39 is 0 Å². The van der Waals surface area contributed by atoms with Crippen LogP contribution in [0.5, 0.6) is 0 Å². The van der Waals surface area contributed by atoms with Gasteiger partial charge in [-0.2, -0.15) is 20.1 Å². The molecule has 116 valence electrons. The Labute approximate surface area is 130 Å². The van der Waals surface area contributed by atoms with Gasteiger partial charge in [0, 0.05) is 0 Å². The largest absolute Gasteiger partial charge is 0.368 e. The average Bonchev–Trinajstić information content (AvgIpc) is 2.50. The molecular formula is C16H22N6. The van der Waals surface area contributed by atoms with Crippen LogP contribution in [0.2, 0.25) is 0 Å². The van der Waals surface area contributed by atoms with Crippen molar-refractivity contribution in [2.75, 3.05) is 11.2 Å². The van der Waals surface area contributed by atoms with Crippen LogP contribution >= 0.6 is 0 Å². The molecule has 6 heteroatoms. The third-order valence-electron chi connectivity index (χ3n) is 3.18. The number of anilines is 2. The van der Waals surface area contributed by atoms with Crippen molar-refractivity contribution in [1.29, 1.82) is 0 Å². The van der Waals surface area contributed by atoms with Crippen LogP contribution < -0.4 is 11.2 Å². The molecule has 0 saturated carbocycles. The smallest absolute Gasteiger partial charge is 0.248 e. The maximum Gasteiger partial charge on any atom is 0.248 e. The average molecular weight is 298 g/mol. The van der Waals surface area contributed by atoms with E-state index in [1.165, 1.54) is 12.8 Å². The number of nitrogens with zero attached hydrogens (tertiary/aromatic N) is 4. The minimum absolute atomic E-state index is 0.192. The molecule has 0 atom stereocenters. The lowest BCUT2D eigenvalue weighted by Crippen LogP contribution is -2.08. The Kier molecular flexibility index (Phi) is 5.82. The van der Waals surface area contributed by atoms with E-state index >= 15 is 0 Å². The topological polar surface area (TPSA) is 89.1 Å². The number of nitrogens with one attached hydrogen (secondary N) is 1. The number of hydrogen-bond acceptors (Lipinski definition) is 6. The number of hydrazone groups is 1. The molecule has 0 aliphatic rings. The van der Waals surface area contributed by atoms with Crippen molar-refractivity contribution in [3.05, 3.63) is 41.7 Å². The molecular weight excluding hydrogens is 276 g/mol.